The van der Waals surface area contributed by atoms with Crippen LogP contribution in [0.5, 0.6) is 0 Å². The quantitative estimate of drug-likeness (QED) is 0.263. The van der Waals surface area contributed by atoms with Crippen LogP contribution >= 0.6 is 0 Å². The predicted octanol–water partition coefficient (Wildman–Crippen LogP) is 3.98. The highest BCUT2D eigenvalue weighted by Crippen LogP contribution is 2.08. The third kappa shape index (κ3) is 14.1. The second kappa shape index (κ2) is 18.3. The Hall–Kier alpha value is -3.16. The van der Waals surface area contributed by atoms with Crippen LogP contribution in [0.25, 0.3) is 0 Å². The molecule has 34 heavy (non-hydrogen) atoms. The maximum Gasteiger partial charge on any atom is 0.314 e. The maximum absolute atomic E-state index is 11.8. The second-order valence-corrected chi connectivity index (χ2v) is 8.40. The normalized spacial score (nSPS) is 10.5. The fourth-order valence-corrected chi connectivity index (χ4v) is 3.58. The van der Waals surface area contributed by atoms with E-state index in [9.17, 15) is 9.59 Å². The Morgan fingerprint density at radius 1 is 0.500 bits per heavy atom. The Balaban J connectivity index is 1.29. The number of urea groups is 2. The minimum Gasteiger partial charge on any atom is -0.338 e. The third-order valence-electron chi connectivity index (χ3n) is 5.57. The largest absolute Gasteiger partial charge is 0.338 e. The van der Waals surface area contributed by atoms with E-state index in [0.717, 1.165) is 51.6 Å². The number of carbonyl (C=O) groups is 2. The maximum atomic E-state index is 11.8. The molecular formula is C26H40N6O2. The molecule has 0 saturated heterocycles. The molecule has 2 aromatic rings. The zero-order valence-corrected chi connectivity index (χ0v) is 20.2. The van der Waals surface area contributed by atoms with Gasteiger partial charge in [0.15, 0.2) is 0 Å². The van der Waals surface area contributed by atoms with Crippen LogP contribution < -0.4 is 21.3 Å². The van der Waals surface area contributed by atoms with Crippen molar-refractivity contribution in [2.24, 2.45) is 0 Å². The number of aromatic nitrogens is 2. The summed E-state index contributed by atoms with van der Waals surface area (Å²) in [5, 5.41) is 11.6. The van der Waals surface area contributed by atoms with Crippen molar-refractivity contribution in [2.45, 2.75) is 64.2 Å². The van der Waals surface area contributed by atoms with Crippen LogP contribution in [0.3, 0.4) is 0 Å². The SMILES string of the molecule is O=C(NCCCCCCCCCCNC(=O)NCCc1ccncc1)NCCc1ccncc1. The molecule has 0 saturated carbocycles. The first-order valence-electron chi connectivity index (χ1n) is 12.6. The Kier molecular flexibility index (Phi) is 14.6. The number of nitrogens with zero attached hydrogens (tertiary/aromatic N) is 2. The molecule has 0 aliphatic rings. The molecule has 2 rings (SSSR count). The molecule has 0 spiro atoms. The lowest BCUT2D eigenvalue weighted by Crippen LogP contribution is -2.37. The first-order valence-corrected chi connectivity index (χ1v) is 12.6. The fourth-order valence-electron chi connectivity index (χ4n) is 3.58. The molecular weight excluding hydrogens is 428 g/mol. The van der Waals surface area contributed by atoms with Gasteiger partial charge in [-0.1, -0.05) is 38.5 Å². The molecule has 0 radical (unpaired) electrons. The smallest absolute Gasteiger partial charge is 0.314 e. The first-order chi connectivity index (χ1) is 16.7. The lowest BCUT2D eigenvalue weighted by atomic mass is 10.1. The average Bonchev–Trinajstić information content (AvgIpc) is 2.86. The molecule has 0 unspecified atom stereocenters. The highest BCUT2D eigenvalue weighted by molar-refractivity contribution is 5.74. The van der Waals surface area contributed by atoms with Gasteiger partial charge < -0.3 is 21.3 Å². The molecule has 0 aromatic carbocycles. The summed E-state index contributed by atoms with van der Waals surface area (Å²) in [6, 6.07) is 7.66. The second-order valence-electron chi connectivity index (χ2n) is 8.40. The number of unbranched alkanes of at least 4 members (excludes halogenated alkanes) is 7. The Morgan fingerprint density at radius 2 is 0.824 bits per heavy atom. The van der Waals surface area contributed by atoms with E-state index < -0.39 is 0 Å². The van der Waals surface area contributed by atoms with E-state index in [2.05, 4.69) is 31.2 Å². The van der Waals surface area contributed by atoms with Crippen molar-refractivity contribution in [3.8, 4) is 0 Å². The zero-order valence-electron chi connectivity index (χ0n) is 20.2. The van der Waals surface area contributed by atoms with Gasteiger partial charge in [-0.25, -0.2) is 9.59 Å². The Morgan fingerprint density at radius 3 is 1.21 bits per heavy atom. The molecule has 4 amide bonds. The van der Waals surface area contributed by atoms with Gasteiger partial charge >= 0.3 is 12.1 Å². The van der Waals surface area contributed by atoms with Gasteiger partial charge in [0.25, 0.3) is 0 Å². The van der Waals surface area contributed by atoms with Crippen LogP contribution in [0.15, 0.2) is 49.1 Å². The fraction of sp³-hybridized carbons (Fsp3) is 0.538. The van der Waals surface area contributed by atoms with E-state index in [1.807, 2.05) is 24.3 Å². The summed E-state index contributed by atoms with van der Waals surface area (Å²) in [7, 11) is 0. The van der Waals surface area contributed by atoms with Crippen LogP contribution in [0.2, 0.25) is 0 Å². The molecule has 4 N–H and O–H groups in total. The topological polar surface area (TPSA) is 108 Å². The van der Waals surface area contributed by atoms with Gasteiger partial charge in [-0.2, -0.15) is 0 Å². The number of hydrogen-bond donors (Lipinski definition) is 4. The summed E-state index contributed by atoms with van der Waals surface area (Å²) >= 11 is 0. The molecule has 2 aromatic heterocycles. The lowest BCUT2D eigenvalue weighted by Gasteiger charge is -2.08. The van der Waals surface area contributed by atoms with Gasteiger partial charge in [0, 0.05) is 51.0 Å². The average molecular weight is 469 g/mol. The van der Waals surface area contributed by atoms with Crippen molar-refractivity contribution in [3.05, 3.63) is 60.2 Å². The predicted molar refractivity (Wildman–Crippen MR) is 136 cm³/mol. The van der Waals surface area contributed by atoms with Crippen LogP contribution in [0, 0.1) is 0 Å². The number of pyridine rings is 2. The van der Waals surface area contributed by atoms with E-state index in [4.69, 9.17) is 0 Å². The van der Waals surface area contributed by atoms with Gasteiger partial charge in [-0.15, -0.1) is 0 Å². The lowest BCUT2D eigenvalue weighted by molar-refractivity contribution is 0.240. The van der Waals surface area contributed by atoms with Gasteiger partial charge in [0.2, 0.25) is 0 Å². The van der Waals surface area contributed by atoms with E-state index >= 15 is 0 Å². The summed E-state index contributed by atoms with van der Waals surface area (Å²) in [5.41, 5.74) is 2.34. The van der Waals surface area contributed by atoms with Gasteiger partial charge in [-0.3, -0.25) is 9.97 Å². The Labute approximate surface area is 203 Å². The van der Waals surface area contributed by atoms with Gasteiger partial charge in [0.05, 0.1) is 0 Å². The first kappa shape index (κ1) is 27.1. The van der Waals surface area contributed by atoms with E-state index in [0.29, 0.717) is 13.1 Å². The van der Waals surface area contributed by atoms with Crippen LogP contribution in [-0.4, -0.2) is 48.2 Å². The van der Waals surface area contributed by atoms with Crippen molar-refractivity contribution >= 4 is 12.1 Å². The van der Waals surface area contributed by atoms with Crippen LogP contribution in [-0.2, 0) is 12.8 Å². The molecule has 8 heteroatoms. The highest BCUT2D eigenvalue weighted by Gasteiger charge is 2.01. The van der Waals surface area contributed by atoms with Crippen LogP contribution in [0.1, 0.15) is 62.5 Å². The van der Waals surface area contributed by atoms with Crippen molar-refractivity contribution < 1.29 is 9.59 Å². The molecule has 0 atom stereocenters. The minimum absolute atomic E-state index is 0.0925. The van der Waals surface area contributed by atoms with Crippen molar-refractivity contribution in [2.75, 3.05) is 26.2 Å². The number of rotatable bonds is 17. The van der Waals surface area contributed by atoms with E-state index in [-0.39, 0.29) is 12.1 Å². The summed E-state index contributed by atoms with van der Waals surface area (Å²) in [6.07, 6.45) is 17.8. The monoisotopic (exact) mass is 468 g/mol. The number of amides is 4. The summed E-state index contributed by atoms with van der Waals surface area (Å²) < 4.78 is 0. The van der Waals surface area contributed by atoms with Crippen molar-refractivity contribution in [3.63, 3.8) is 0 Å². The van der Waals surface area contributed by atoms with E-state index in [1.165, 1.54) is 36.8 Å². The summed E-state index contributed by atoms with van der Waals surface area (Å²) in [5.74, 6) is 0. The number of nitrogens with one attached hydrogen (secondary N) is 4. The summed E-state index contributed by atoms with van der Waals surface area (Å²) in [4.78, 5) is 31.5. The number of carbonyl (C=O) groups excluding carboxylic acids is 2. The molecule has 0 aliphatic heterocycles. The minimum atomic E-state index is -0.0925. The van der Waals surface area contributed by atoms with Gasteiger partial charge in [0.1, 0.15) is 0 Å². The van der Waals surface area contributed by atoms with Gasteiger partial charge in [-0.05, 0) is 61.1 Å². The molecule has 2 heterocycles. The molecule has 0 aliphatic carbocycles. The van der Waals surface area contributed by atoms with E-state index in [1.54, 1.807) is 24.8 Å². The third-order valence-corrected chi connectivity index (χ3v) is 5.57. The summed E-state index contributed by atoms with van der Waals surface area (Å²) in [6.45, 7) is 2.69. The van der Waals surface area contributed by atoms with Crippen molar-refractivity contribution in [1.29, 1.82) is 0 Å². The van der Waals surface area contributed by atoms with Crippen LogP contribution in [0.4, 0.5) is 9.59 Å². The molecule has 0 bridgehead atoms. The molecule has 0 fully saturated rings. The standard InChI is InChI=1S/C26H40N6O2/c33-25(31-21-13-23-9-17-27-18-10-23)29-15-7-5-3-1-2-4-6-8-16-30-26(34)32-22-14-24-11-19-28-20-12-24/h9-12,17-20H,1-8,13-16,21-22H2,(H2,29,31,33)(H2,30,32,34). The molecule has 186 valence electrons. The highest BCUT2D eigenvalue weighted by atomic mass is 16.2. The molecule has 8 nitrogen and oxygen atoms in total. The number of hydrogen-bond acceptors (Lipinski definition) is 4. The zero-order chi connectivity index (χ0) is 24.1. The Bertz CT molecular complexity index is 721. The van der Waals surface area contributed by atoms with Crippen molar-refractivity contribution in [1.82, 2.24) is 31.2 Å².